The van der Waals surface area contributed by atoms with E-state index in [4.69, 9.17) is 4.74 Å². The highest BCUT2D eigenvalue weighted by Crippen LogP contribution is 2.16. The minimum Gasteiger partial charge on any atom is -0.497 e. The van der Waals surface area contributed by atoms with E-state index in [9.17, 15) is 18.0 Å². The molecular weight excluding hydrogens is 247 g/mol. The second-order valence-corrected chi connectivity index (χ2v) is 3.92. The minimum absolute atomic E-state index is 0.325. The second kappa shape index (κ2) is 5.75. The first kappa shape index (κ1) is 14.3. The van der Waals surface area contributed by atoms with Gasteiger partial charge in [0.1, 0.15) is 5.75 Å². The third kappa shape index (κ3) is 4.27. The van der Waals surface area contributed by atoms with Gasteiger partial charge in [-0.2, -0.15) is 13.2 Å². The van der Waals surface area contributed by atoms with Gasteiger partial charge in [-0.15, -0.1) is 0 Å². The molecule has 0 saturated carbocycles. The summed E-state index contributed by atoms with van der Waals surface area (Å²) in [4.78, 5) is 10.7. The molecule has 0 saturated heterocycles. The minimum atomic E-state index is -4.84. The van der Waals surface area contributed by atoms with Crippen LogP contribution < -0.4 is 10.1 Å². The van der Waals surface area contributed by atoms with E-state index in [2.05, 4.69) is 0 Å². The normalized spacial score (nSPS) is 12.9. The Kier molecular flexibility index (Phi) is 4.58. The molecule has 1 N–H and O–H groups in total. The summed E-state index contributed by atoms with van der Waals surface area (Å²) in [6, 6.07) is 6.33. The van der Waals surface area contributed by atoms with E-state index in [1.807, 2.05) is 5.32 Å². The molecule has 0 fully saturated rings. The number of amides is 1. The van der Waals surface area contributed by atoms with Crippen molar-refractivity contribution in [2.75, 3.05) is 7.11 Å². The maximum absolute atomic E-state index is 12.0. The first-order valence-corrected chi connectivity index (χ1v) is 5.33. The van der Waals surface area contributed by atoms with Crippen LogP contribution in [0.5, 0.6) is 5.75 Å². The number of ether oxygens (including phenoxy) is 1. The van der Waals surface area contributed by atoms with Crippen LogP contribution in [0.25, 0.3) is 0 Å². The molecule has 0 aromatic heterocycles. The van der Waals surface area contributed by atoms with Gasteiger partial charge in [-0.25, -0.2) is 0 Å². The Balaban J connectivity index is 2.54. The molecule has 0 aliphatic heterocycles. The molecule has 100 valence electrons. The fourth-order valence-corrected chi connectivity index (χ4v) is 1.47. The molecule has 0 aliphatic carbocycles. The van der Waals surface area contributed by atoms with Crippen LogP contribution in [-0.2, 0) is 11.2 Å². The second-order valence-electron chi connectivity index (χ2n) is 3.92. The Hall–Kier alpha value is -1.72. The summed E-state index contributed by atoms with van der Waals surface area (Å²) in [6.07, 6.45) is -4.51. The van der Waals surface area contributed by atoms with Crippen LogP contribution in [0.4, 0.5) is 13.2 Å². The first-order valence-electron chi connectivity index (χ1n) is 5.33. The molecule has 0 radical (unpaired) electrons. The average Bonchev–Trinajstić information content (AvgIpc) is 2.28. The summed E-state index contributed by atoms with van der Waals surface area (Å²) in [5, 5.41) is 1.90. The summed E-state index contributed by atoms with van der Waals surface area (Å²) in [6.45, 7) is 1.52. The number of benzene rings is 1. The van der Waals surface area contributed by atoms with Crippen LogP contribution in [-0.4, -0.2) is 25.2 Å². The lowest BCUT2D eigenvalue weighted by Gasteiger charge is -2.15. The lowest BCUT2D eigenvalue weighted by Crippen LogP contribution is -2.42. The third-order valence-corrected chi connectivity index (χ3v) is 2.34. The van der Waals surface area contributed by atoms with E-state index in [1.165, 1.54) is 14.0 Å². The van der Waals surface area contributed by atoms with Gasteiger partial charge in [-0.05, 0) is 31.0 Å². The van der Waals surface area contributed by atoms with Gasteiger partial charge in [0.15, 0.2) is 0 Å². The summed E-state index contributed by atoms with van der Waals surface area (Å²) in [5.41, 5.74) is 0.825. The van der Waals surface area contributed by atoms with Crippen molar-refractivity contribution in [2.45, 2.75) is 25.6 Å². The molecule has 0 unspecified atom stereocenters. The number of rotatable bonds is 4. The molecule has 1 aromatic rings. The van der Waals surface area contributed by atoms with Gasteiger partial charge >= 0.3 is 12.1 Å². The number of hydrogen-bond donors (Lipinski definition) is 1. The summed E-state index contributed by atoms with van der Waals surface area (Å²) >= 11 is 0. The van der Waals surface area contributed by atoms with Gasteiger partial charge in [0.25, 0.3) is 0 Å². The number of carbonyl (C=O) groups excluding carboxylic acids is 1. The Morgan fingerprint density at radius 3 is 2.33 bits per heavy atom. The Bertz CT molecular complexity index is 401. The molecule has 6 heteroatoms. The number of hydrogen-bond acceptors (Lipinski definition) is 2. The lowest BCUT2D eigenvalue weighted by atomic mass is 10.1. The highest BCUT2D eigenvalue weighted by Gasteiger charge is 2.39. The molecule has 1 aromatic carbocycles. The summed E-state index contributed by atoms with van der Waals surface area (Å²) in [7, 11) is 1.53. The maximum Gasteiger partial charge on any atom is 0.471 e. The van der Waals surface area contributed by atoms with Crippen molar-refractivity contribution < 1.29 is 22.7 Å². The average molecular weight is 261 g/mol. The topological polar surface area (TPSA) is 38.3 Å². The van der Waals surface area contributed by atoms with E-state index < -0.39 is 18.1 Å². The van der Waals surface area contributed by atoms with Gasteiger partial charge in [0, 0.05) is 6.04 Å². The number of nitrogens with one attached hydrogen (secondary N) is 1. The zero-order chi connectivity index (χ0) is 13.8. The van der Waals surface area contributed by atoms with Crippen LogP contribution in [0, 0.1) is 0 Å². The SMILES string of the molecule is COc1ccc(C[C@@H](C)NC(=O)C(F)(F)F)cc1. The molecule has 0 heterocycles. The summed E-state index contributed by atoms with van der Waals surface area (Å²) in [5.74, 6) is -1.24. The smallest absolute Gasteiger partial charge is 0.471 e. The molecule has 3 nitrogen and oxygen atoms in total. The number of carbonyl (C=O) groups is 1. The molecule has 1 atom stereocenters. The summed E-state index contributed by atoms with van der Waals surface area (Å²) < 4.78 is 41.0. The van der Waals surface area contributed by atoms with Crippen molar-refractivity contribution in [3.8, 4) is 5.75 Å². The van der Waals surface area contributed by atoms with Crippen LogP contribution in [0.15, 0.2) is 24.3 Å². The molecule has 0 bridgehead atoms. The van der Waals surface area contributed by atoms with Crippen LogP contribution in [0.2, 0.25) is 0 Å². The predicted molar refractivity (Wildman–Crippen MR) is 60.4 cm³/mol. The van der Waals surface area contributed by atoms with Crippen molar-refractivity contribution in [1.82, 2.24) is 5.32 Å². The quantitative estimate of drug-likeness (QED) is 0.903. The van der Waals surface area contributed by atoms with E-state index in [0.29, 0.717) is 12.2 Å². The van der Waals surface area contributed by atoms with Crippen molar-refractivity contribution in [2.24, 2.45) is 0 Å². The van der Waals surface area contributed by atoms with Gasteiger partial charge in [0.2, 0.25) is 0 Å². The Labute approximate surface area is 103 Å². The zero-order valence-electron chi connectivity index (χ0n) is 10.0. The highest BCUT2D eigenvalue weighted by atomic mass is 19.4. The molecule has 1 amide bonds. The fraction of sp³-hybridized carbons (Fsp3) is 0.417. The monoisotopic (exact) mass is 261 g/mol. The predicted octanol–water partition coefficient (Wildman–Crippen LogP) is 2.30. The van der Waals surface area contributed by atoms with Gasteiger partial charge in [-0.1, -0.05) is 12.1 Å². The van der Waals surface area contributed by atoms with E-state index >= 15 is 0 Å². The van der Waals surface area contributed by atoms with E-state index in [1.54, 1.807) is 24.3 Å². The number of methoxy groups -OCH3 is 1. The van der Waals surface area contributed by atoms with E-state index in [0.717, 1.165) is 5.56 Å². The van der Waals surface area contributed by atoms with Crippen LogP contribution in [0.3, 0.4) is 0 Å². The Morgan fingerprint density at radius 2 is 1.89 bits per heavy atom. The van der Waals surface area contributed by atoms with Gasteiger partial charge in [-0.3, -0.25) is 4.79 Å². The Morgan fingerprint density at radius 1 is 1.33 bits per heavy atom. The lowest BCUT2D eigenvalue weighted by molar-refractivity contribution is -0.174. The van der Waals surface area contributed by atoms with E-state index in [-0.39, 0.29) is 0 Å². The van der Waals surface area contributed by atoms with Gasteiger partial charge < -0.3 is 10.1 Å². The van der Waals surface area contributed by atoms with Crippen molar-refractivity contribution in [3.05, 3.63) is 29.8 Å². The van der Waals surface area contributed by atoms with Crippen LogP contribution >= 0.6 is 0 Å². The van der Waals surface area contributed by atoms with Gasteiger partial charge in [0.05, 0.1) is 7.11 Å². The standard InChI is InChI=1S/C12H14F3NO2/c1-8(16-11(17)12(13,14)15)7-9-3-5-10(18-2)6-4-9/h3-6,8H,7H2,1-2H3,(H,16,17)/t8-/m1/s1. The third-order valence-electron chi connectivity index (χ3n) is 2.34. The number of alkyl halides is 3. The van der Waals surface area contributed by atoms with Crippen molar-refractivity contribution in [3.63, 3.8) is 0 Å². The van der Waals surface area contributed by atoms with Crippen molar-refractivity contribution in [1.29, 1.82) is 0 Å². The van der Waals surface area contributed by atoms with Crippen LogP contribution in [0.1, 0.15) is 12.5 Å². The first-order chi connectivity index (χ1) is 8.32. The molecule has 0 spiro atoms. The fourth-order valence-electron chi connectivity index (χ4n) is 1.47. The maximum atomic E-state index is 12.0. The van der Waals surface area contributed by atoms with Crippen molar-refractivity contribution >= 4 is 5.91 Å². The largest absolute Gasteiger partial charge is 0.497 e. The molecular formula is C12H14F3NO2. The molecule has 0 aliphatic rings. The highest BCUT2D eigenvalue weighted by molar-refractivity contribution is 5.81. The zero-order valence-corrected chi connectivity index (χ0v) is 10.0. The number of halogens is 3. The molecule has 1 rings (SSSR count). The molecule has 18 heavy (non-hydrogen) atoms.